The molecular formula is C2H4KNO3S2. The summed E-state index contributed by atoms with van der Waals surface area (Å²) in [6, 6.07) is 0. The number of carbonyl (C=O) groups excluding carboxylic acids is 1. The average molecular weight is 193 g/mol. The number of amides is 1. The zero-order chi connectivity index (χ0) is 6.20. The number of nitrogens with zero attached hydrogens (tertiary/aromatic N) is 1. The fourth-order valence-electron chi connectivity index (χ4n) is 0.206. The van der Waals surface area contributed by atoms with Gasteiger partial charge in [0.15, 0.2) is 0 Å². The van der Waals surface area contributed by atoms with E-state index in [2.05, 4.69) is 0 Å². The van der Waals surface area contributed by atoms with Crippen LogP contribution < -0.4 is 5.11 Å². The number of quaternary nitrogens is 1. The summed E-state index contributed by atoms with van der Waals surface area (Å²) >= 11 is 0. The predicted octanol–water partition coefficient (Wildman–Crippen LogP) is -1.33. The first-order valence-electron chi connectivity index (χ1n) is 1.80. The zero-order valence-electron chi connectivity index (χ0n) is 3.73. The Morgan fingerprint density at radius 3 is 2.11 bits per heavy atom. The van der Waals surface area contributed by atoms with E-state index >= 15 is 0 Å². The molecule has 0 radical (unpaired) electrons. The van der Waals surface area contributed by atoms with Crippen LogP contribution in [0.2, 0.25) is 0 Å². The van der Waals surface area contributed by atoms with Gasteiger partial charge in [-0.2, -0.15) is 0 Å². The Morgan fingerprint density at radius 2 is 2.11 bits per heavy atom. The third-order valence-corrected chi connectivity index (χ3v) is 3.28. The first kappa shape index (κ1) is 10.7. The van der Waals surface area contributed by atoms with Crippen molar-refractivity contribution in [3.8, 4) is 0 Å². The molecule has 1 fully saturated rings. The second-order valence-electron chi connectivity index (χ2n) is 1.23. The molecular weight excluding hydrogens is 189 g/mol. The summed E-state index contributed by atoms with van der Waals surface area (Å²) in [5.41, 5.74) is 0. The maximum atomic E-state index is 9.97. The maximum absolute atomic E-state index is 9.97. The molecule has 0 aromatic heterocycles. The fourth-order valence-corrected chi connectivity index (χ4v) is 1.39. The Morgan fingerprint density at radius 1 is 1.67 bits per heavy atom. The number of rotatable bonds is 1. The van der Waals surface area contributed by atoms with Crippen molar-refractivity contribution >= 4 is 79.4 Å². The van der Waals surface area contributed by atoms with Gasteiger partial charge in [-0.25, -0.2) is 0 Å². The van der Waals surface area contributed by atoms with Crippen molar-refractivity contribution < 1.29 is 18.3 Å². The van der Waals surface area contributed by atoms with Gasteiger partial charge in [0.2, 0.25) is 28.7 Å². The van der Waals surface area contributed by atoms with Crippen LogP contribution in [0.4, 0.5) is 4.79 Å². The Labute approximate surface area is 103 Å². The molecule has 0 aromatic rings. The first-order valence-corrected chi connectivity index (χ1v) is 3.86. The van der Waals surface area contributed by atoms with Crippen molar-refractivity contribution in [1.29, 1.82) is 0 Å². The molecule has 9 heavy (non-hydrogen) atoms. The van der Waals surface area contributed by atoms with Crippen LogP contribution in [0.25, 0.3) is 0 Å². The topological polar surface area (TPSA) is 60.4 Å². The van der Waals surface area contributed by atoms with Crippen LogP contribution in [0, 0.1) is 0 Å². The molecule has 0 saturated carbocycles. The van der Waals surface area contributed by atoms with Gasteiger partial charge in [0.05, 0.1) is 0 Å². The molecule has 0 aromatic carbocycles. The number of carbonyl (C=O) groups is 1. The monoisotopic (exact) mass is 193 g/mol. The second kappa shape index (κ2) is 3.93. The summed E-state index contributed by atoms with van der Waals surface area (Å²) in [4.78, 5) is 9.97. The van der Waals surface area contributed by atoms with E-state index in [1.54, 1.807) is 0 Å². The van der Waals surface area contributed by atoms with Gasteiger partial charge in [0, 0.05) is 0 Å². The van der Waals surface area contributed by atoms with Crippen LogP contribution in [0.5, 0.6) is 0 Å². The van der Waals surface area contributed by atoms with Crippen LogP contribution in [0.1, 0.15) is 0 Å². The van der Waals surface area contributed by atoms with Crippen LogP contribution >= 0.6 is 22.0 Å². The molecule has 7 heteroatoms. The summed E-state index contributed by atoms with van der Waals surface area (Å²) in [6.07, 6.45) is -1.25. The molecule has 1 saturated heterocycles. The molecule has 1 aliphatic rings. The fraction of sp³-hybridized carbons (Fsp3) is 0.500. The van der Waals surface area contributed by atoms with Gasteiger partial charge < -0.3 is 15.0 Å². The van der Waals surface area contributed by atoms with E-state index in [4.69, 9.17) is 5.11 Å². The predicted molar refractivity (Wildman–Crippen MR) is 35.1 cm³/mol. The van der Waals surface area contributed by atoms with E-state index < -0.39 is 16.1 Å². The minimum atomic E-state index is -1.25. The molecule has 4 nitrogen and oxygen atoms in total. The average Bonchev–Trinajstić information content (AvgIpc) is 2.44. The van der Waals surface area contributed by atoms with Gasteiger partial charge in [0.1, 0.15) is 0 Å². The summed E-state index contributed by atoms with van der Waals surface area (Å²) in [5.74, 6) is 0. The normalized spacial score (nSPS) is 20.1. The summed E-state index contributed by atoms with van der Waals surface area (Å²) < 4.78 is -0.431. The van der Waals surface area contributed by atoms with Gasteiger partial charge in [-0.15, -0.1) is 3.29 Å². The summed E-state index contributed by atoms with van der Waals surface area (Å²) in [6.45, 7) is -0.405. The Bertz CT molecular complexity index is 127. The van der Waals surface area contributed by atoms with E-state index in [1.165, 1.54) is 0 Å². The number of aliphatic hydroxyl groups excluding tert-OH is 1. The van der Waals surface area contributed by atoms with Crippen LogP contribution in [0.3, 0.4) is 0 Å². The Kier molecular flexibility index (Phi) is 4.69. The summed E-state index contributed by atoms with van der Waals surface area (Å²) in [7, 11) is 2.13. The molecule has 1 aliphatic heterocycles. The van der Waals surface area contributed by atoms with Gasteiger partial charge in [-0.1, -0.05) is 0 Å². The molecule has 1 N–H and O–H groups in total. The van der Waals surface area contributed by atoms with Crippen molar-refractivity contribution in [2.24, 2.45) is 0 Å². The van der Waals surface area contributed by atoms with Crippen molar-refractivity contribution in [2.45, 2.75) is 0 Å². The van der Waals surface area contributed by atoms with E-state index in [0.717, 1.165) is 22.0 Å². The van der Waals surface area contributed by atoms with Crippen LogP contribution in [0.15, 0.2) is 0 Å². The number of hydrogen-bond acceptors (Lipinski definition) is 5. The van der Waals surface area contributed by atoms with E-state index in [1.807, 2.05) is 0 Å². The van der Waals surface area contributed by atoms with Crippen molar-refractivity contribution in [3.63, 3.8) is 0 Å². The molecule has 0 spiro atoms. The third kappa shape index (κ3) is 2.35. The van der Waals surface area contributed by atoms with Crippen molar-refractivity contribution in [1.82, 2.24) is 0 Å². The number of aliphatic hydroxyl groups is 1. The molecule has 0 atom stereocenters. The molecule has 1 heterocycles. The Balaban J connectivity index is 0.000000640. The van der Waals surface area contributed by atoms with Gasteiger partial charge in [0.25, 0.3) is 6.09 Å². The van der Waals surface area contributed by atoms with Crippen molar-refractivity contribution in [2.75, 3.05) is 6.73 Å². The zero-order valence-corrected chi connectivity index (χ0v) is 5.37. The van der Waals surface area contributed by atoms with Gasteiger partial charge in [-0.3, -0.25) is 0 Å². The van der Waals surface area contributed by atoms with Gasteiger partial charge in [-0.05, 0) is 0 Å². The van der Waals surface area contributed by atoms with Crippen molar-refractivity contribution in [3.05, 3.63) is 0 Å². The first-order chi connectivity index (χ1) is 3.71. The number of hydrogen-bond donors (Lipinski definition) is 1. The minimum absolute atomic E-state index is 0. The van der Waals surface area contributed by atoms with E-state index in [-0.39, 0.29) is 51.4 Å². The molecule has 48 valence electrons. The summed E-state index contributed by atoms with van der Waals surface area (Å²) in [5, 5.41) is 18.3. The standard InChI is InChI=1S/C2H3NO3S2.K.H/c4-1-3(2(5)6)7-8-3;;/h4H,1H2;;. The Hall–Kier alpha value is 1.73. The third-order valence-electron chi connectivity index (χ3n) is 0.719. The molecule has 0 aliphatic carbocycles. The SMILES string of the molecule is O=C([O-])[N+]1(CO)SS1.[KH]. The van der Waals surface area contributed by atoms with Gasteiger partial charge >= 0.3 is 51.4 Å². The molecule has 0 bridgehead atoms. The van der Waals surface area contributed by atoms with Crippen LogP contribution in [-0.2, 0) is 0 Å². The second-order valence-corrected chi connectivity index (χ2v) is 3.90. The molecule has 0 unspecified atom stereocenters. The van der Waals surface area contributed by atoms with E-state index in [0.29, 0.717) is 0 Å². The molecule has 1 amide bonds. The quantitative estimate of drug-likeness (QED) is 0.184. The van der Waals surface area contributed by atoms with E-state index in [9.17, 15) is 9.90 Å². The van der Waals surface area contributed by atoms with Crippen LogP contribution in [-0.4, -0.2) is 72.6 Å². The number of carboxylic acid groups (broad SMARTS) is 1. The molecule has 1 rings (SSSR count).